The zero-order chi connectivity index (χ0) is 15.1. The van der Waals surface area contributed by atoms with Gasteiger partial charge in [-0.3, -0.25) is 4.98 Å². The molecule has 0 fully saturated rings. The first-order chi connectivity index (χ1) is 10.3. The second-order valence-electron chi connectivity index (χ2n) is 4.72. The Morgan fingerprint density at radius 1 is 1.00 bits per heavy atom. The van der Waals surface area contributed by atoms with E-state index in [-0.39, 0.29) is 0 Å². The Balaban J connectivity index is 2.04. The molecule has 2 rings (SSSR count). The summed E-state index contributed by atoms with van der Waals surface area (Å²) >= 11 is 0. The molecule has 0 saturated heterocycles. The summed E-state index contributed by atoms with van der Waals surface area (Å²) in [7, 11) is 3.31. The lowest BCUT2D eigenvalue weighted by Crippen LogP contribution is -2.15. The average molecular weight is 286 g/mol. The van der Waals surface area contributed by atoms with Crippen LogP contribution in [0.4, 0.5) is 0 Å². The molecule has 1 aromatic carbocycles. The van der Waals surface area contributed by atoms with Gasteiger partial charge in [-0.1, -0.05) is 25.1 Å². The van der Waals surface area contributed by atoms with Crippen LogP contribution in [-0.2, 0) is 19.5 Å². The van der Waals surface area contributed by atoms with Crippen molar-refractivity contribution in [3.8, 4) is 11.5 Å². The summed E-state index contributed by atoms with van der Waals surface area (Å²) in [5.41, 5.74) is 3.45. The highest BCUT2D eigenvalue weighted by molar-refractivity contribution is 5.46. The number of hydrogen-bond donors (Lipinski definition) is 1. The van der Waals surface area contributed by atoms with E-state index >= 15 is 0 Å². The minimum Gasteiger partial charge on any atom is -0.493 e. The van der Waals surface area contributed by atoms with E-state index in [1.807, 2.05) is 30.5 Å². The molecule has 0 aliphatic heterocycles. The lowest BCUT2D eigenvalue weighted by molar-refractivity contribution is 0.350. The number of para-hydroxylation sites is 1. The molecule has 0 amide bonds. The molecule has 4 nitrogen and oxygen atoms in total. The molecule has 0 bridgehead atoms. The first kappa shape index (κ1) is 15.3. The van der Waals surface area contributed by atoms with Gasteiger partial charge in [-0.2, -0.15) is 0 Å². The van der Waals surface area contributed by atoms with E-state index in [1.165, 1.54) is 5.56 Å². The molecule has 0 atom stereocenters. The fourth-order valence-corrected chi connectivity index (χ4v) is 2.36. The zero-order valence-corrected chi connectivity index (χ0v) is 12.8. The van der Waals surface area contributed by atoms with Crippen LogP contribution >= 0.6 is 0 Å². The van der Waals surface area contributed by atoms with Gasteiger partial charge in [0.25, 0.3) is 0 Å². The maximum absolute atomic E-state index is 5.43. The molecule has 1 N–H and O–H groups in total. The number of aromatic nitrogens is 1. The number of ether oxygens (including phenoxy) is 2. The Morgan fingerprint density at radius 3 is 2.52 bits per heavy atom. The van der Waals surface area contributed by atoms with E-state index < -0.39 is 0 Å². The normalized spacial score (nSPS) is 10.4. The van der Waals surface area contributed by atoms with Crippen LogP contribution in [0, 0.1) is 0 Å². The number of nitrogens with zero attached hydrogens (tertiary/aromatic N) is 1. The quantitative estimate of drug-likeness (QED) is 0.850. The van der Waals surface area contributed by atoms with E-state index in [9.17, 15) is 0 Å². The van der Waals surface area contributed by atoms with Crippen molar-refractivity contribution in [2.75, 3.05) is 14.2 Å². The average Bonchev–Trinajstić information content (AvgIpc) is 2.54. The van der Waals surface area contributed by atoms with Crippen LogP contribution < -0.4 is 14.8 Å². The molecule has 0 radical (unpaired) electrons. The highest BCUT2D eigenvalue weighted by Crippen LogP contribution is 2.30. The van der Waals surface area contributed by atoms with Crippen molar-refractivity contribution in [3.05, 3.63) is 53.3 Å². The van der Waals surface area contributed by atoms with Crippen molar-refractivity contribution in [2.45, 2.75) is 26.4 Å². The number of methoxy groups -OCH3 is 2. The Kier molecular flexibility index (Phi) is 5.58. The second kappa shape index (κ2) is 7.64. The summed E-state index contributed by atoms with van der Waals surface area (Å²) in [4.78, 5) is 4.44. The van der Waals surface area contributed by atoms with Crippen molar-refractivity contribution in [2.24, 2.45) is 0 Å². The maximum Gasteiger partial charge on any atom is 0.165 e. The van der Waals surface area contributed by atoms with Gasteiger partial charge in [0, 0.05) is 24.8 Å². The monoisotopic (exact) mass is 286 g/mol. The minimum atomic E-state index is 0.708. The Hall–Kier alpha value is -2.07. The summed E-state index contributed by atoms with van der Waals surface area (Å²) in [5, 5.41) is 3.42. The van der Waals surface area contributed by atoms with Gasteiger partial charge >= 0.3 is 0 Å². The summed E-state index contributed by atoms with van der Waals surface area (Å²) in [6, 6.07) is 10.0. The molecule has 2 aromatic rings. The molecule has 0 spiro atoms. The standard InChI is InChI=1S/C17H22N2O2/c1-4-13-8-6-10-19-15(13)12-18-11-14-7-5-9-16(20-2)17(14)21-3/h5-10,18H,4,11-12H2,1-3H3. The zero-order valence-electron chi connectivity index (χ0n) is 12.8. The summed E-state index contributed by atoms with van der Waals surface area (Å²) in [6.45, 7) is 3.59. The number of rotatable bonds is 7. The highest BCUT2D eigenvalue weighted by atomic mass is 16.5. The van der Waals surface area contributed by atoms with Crippen molar-refractivity contribution in [3.63, 3.8) is 0 Å². The van der Waals surface area contributed by atoms with Crippen LogP contribution in [-0.4, -0.2) is 19.2 Å². The van der Waals surface area contributed by atoms with Gasteiger partial charge < -0.3 is 14.8 Å². The number of aryl methyl sites for hydroxylation is 1. The lowest BCUT2D eigenvalue weighted by atomic mass is 10.1. The molecule has 0 saturated carbocycles. The van der Waals surface area contributed by atoms with Crippen molar-refractivity contribution < 1.29 is 9.47 Å². The van der Waals surface area contributed by atoms with E-state index in [1.54, 1.807) is 14.2 Å². The number of pyridine rings is 1. The van der Waals surface area contributed by atoms with Gasteiger partial charge in [0.15, 0.2) is 11.5 Å². The SMILES string of the molecule is CCc1cccnc1CNCc1cccc(OC)c1OC. The molecule has 0 unspecified atom stereocenters. The van der Waals surface area contributed by atoms with Gasteiger partial charge in [-0.25, -0.2) is 0 Å². The number of hydrogen-bond acceptors (Lipinski definition) is 4. The van der Waals surface area contributed by atoms with Gasteiger partial charge in [0.1, 0.15) is 0 Å². The maximum atomic E-state index is 5.43. The summed E-state index contributed by atoms with van der Waals surface area (Å²) < 4.78 is 10.7. The van der Waals surface area contributed by atoms with Crippen LogP contribution in [0.1, 0.15) is 23.7 Å². The van der Waals surface area contributed by atoms with Crippen molar-refractivity contribution in [1.82, 2.24) is 10.3 Å². The van der Waals surface area contributed by atoms with Crippen LogP contribution in [0.15, 0.2) is 36.5 Å². The lowest BCUT2D eigenvalue weighted by Gasteiger charge is -2.13. The molecular formula is C17H22N2O2. The van der Waals surface area contributed by atoms with Crippen molar-refractivity contribution in [1.29, 1.82) is 0 Å². The largest absolute Gasteiger partial charge is 0.493 e. The van der Waals surface area contributed by atoms with Crippen LogP contribution in [0.2, 0.25) is 0 Å². The topological polar surface area (TPSA) is 43.4 Å². The third-order valence-electron chi connectivity index (χ3n) is 3.46. The molecular weight excluding hydrogens is 264 g/mol. The van der Waals surface area contributed by atoms with E-state index in [0.29, 0.717) is 6.54 Å². The molecule has 112 valence electrons. The van der Waals surface area contributed by atoms with Crippen LogP contribution in [0.25, 0.3) is 0 Å². The Labute approximate surface area is 126 Å². The van der Waals surface area contributed by atoms with Crippen molar-refractivity contribution >= 4 is 0 Å². The molecule has 0 aliphatic carbocycles. The first-order valence-corrected chi connectivity index (χ1v) is 7.13. The van der Waals surface area contributed by atoms with E-state index in [4.69, 9.17) is 9.47 Å². The fraction of sp³-hybridized carbons (Fsp3) is 0.353. The third-order valence-corrected chi connectivity index (χ3v) is 3.46. The van der Waals surface area contributed by atoms with E-state index in [2.05, 4.69) is 23.3 Å². The van der Waals surface area contributed by atoms with Gasteiger partial charge in [0.05, 0.1) is 19.9 Å². The van der Waals surface area contributed by atoms with Crippen LogP contribution in [0.3, 0.4) is 0 Å². The Bertz CT molecular complexity index is 585. The Morgan fingerprint density at radius 2 is 1.81 bits per heavy atom. The highest BCUT2D eigenvalue weighted by Gasteiger charge is 2.09. The second-order valence-corrected chi connectivity index (χ2v) is 4.72. The number of benzene rings is 1. The number of nitrogens with one attached hydrogen (secondary N) is 1. The predicted molar refractivity (Wildman–Crippen MR) is 83.7 cm³/mol. The third kappa shape index (κ3) is 3.73. The van der Waals surface area contributed by atoms with Gasteiger partial charge in [-0.05, 0) is 24.1 Å². The van der Waals surface area contributed by atoms with E-state index in [0.717, 1.165) is 35.7 Å². The summed E-state index contributed by atoms with van der Waals surface area (Å²) in [6.07, 6.45) is 2.83. The summed E-state index contributed by atoms with van der Waals surface area (Å²) in [5.74, 6) is 1.54. The molecule has 1 heterocycles. The first-order valence-electron chi connectivity index (χ1n) is 7.13. The molecule has 21 heavy (non-hydrogen) atoms. The molecule has 1 aromatic heterocycles. The smallest absolute Gasteiger partial charge is 0.165 e. The minimum absolute atomic E-state index is 0.708. The van der Waals surface area contributed by atoms with Gasteiger partial charge in [0.2, 0.25) is 0 Å². The molecule has 4 heteroatoms. The molecule has 0 aliphatic rings. The van der Waals surface area contributed by atoms with Crippen LogP contribution in [0.5, 0.6) is 11.5 Å². The predicted octanol–water partition coefficient (Wildman–Crippen LogP) is 2.95. The van der Waals surface area contributed by atoms with Gasteiger partial charge in [-0.15, -0.1) is 0 Å². The fourth-order valence-electron chi connectivity index (χ4n) is 2.36.